The van der Waals surface area contributed by atoms with Crippen molar-refractivity contribution < 1.29 is 18.7 Å². The number of hydrogen-bond donors (Lipinski definition) is 3. The molecule has 0 radical (unpaired) electrons. The van der Waals surface area contributed by atoms with Gasteiger partial charge in [-0.1, -0.05) is 80.3 Å². The molecule has 0 aliphatic heterocycles. The number of anilines is 1. The summed E-state index contributed by atoms with van der Waals surface area (Å²) < 4.78 is 19.1. The van der Waals surface area contributed by atoms with Gasteiger partial charge in [0.15, 0.2) is 5.78 Å². The van der Waals surface area contributed by atoms with E-state index in [4.69, 9.17) is 4.74 Å². The van der Waals surface area contributed by atoms with Crippen LogP contribution in [0.1, 0.15) is 41.9 Å². The lowest BCUT2D eigenvalue weighted by atomic mass is 9.95. The number of carbonyl (C=O) groups excluding carboxylic acids is 2. The fourth-order valence-electron chi connectivity index (χ4n) is 4.50. The van der Waals surface area contributed by atoms with Gasteiger partial charge in [-0.25, -0.2) is 9.18 Å². The zero-order valence-corrected chi connectivity index (χ0v) is 26.0. The Kier molecular flexibility index (Phi) is 12.1. The Morgan fingerprint density at radius 3 is 2.36 bits per heavy atom. The number of nitrogens with one attached hydrogen (secondary N) is 3. The lowest BCUT2D eigenvalue weighted by Crippen LogP contribution is -2.46. The smallest absolute Gasteiger partial charge is 0.319 e. The van der Waals surface area contributed by atoms with Crippen molar-refractivity contribution in [1.82, 2.24) is 10.6 Å². The van der Waals surface area contributed by atoms with Crippen LogP contribution in [0.25, 0.3) is 0 Å². The van der Waals surface area contributed by atoms with Gasteiger partial charge in [0.2, 0.25) is 0 Å². The number of halogens is 1. The summed E-state index contributed by atoms with van der Waals surface area (Å²) in [5.74, 6) is 6.32. The van der Waals surface area contributed by atoms with Crippen LogP contribution in [0.5, 0.6) is 5.75 Å². The molecule has 4 aromatic rings. The maximum Gasteiger partial charge on any atom is 0.319 e. The summed E-state index contributed by atoms with van der Waals surface area (Å²) in [6, 6.07) is 29.9. The van der Waals surface area contributed by atoms with Crippen LogP contribution in [0.2, 0.25) is 0 Å². The van der Waals surface area contributed by atoms with Crippen molar-refractivity contribution in [1.29, 1.82) is 0 Å². The first-order valence-corrected chi connectivity index (χ1v) is 15.1. The Hall–Kier alpha value is -4.50. The molecule has 0 fully saturated rings. The number of amides is 2. The van der Waals surface area contributed by atoms with Crippen LogP contribution in [0.3, 0.4) is 0 Å². The van der Waals surface area contributed by atoms with Gasteiger partial charge in [-0.05, 0) is 71.6 Å². The summed E-state index contributed by atoms with van der Waals surface area (Å²) in [7, 11) is 2.83. The highest BCUT2D eigenvalue weighted by molar-refractivity contribution is 7.17. The summed E-state index contributed by atoms with van der Waals surface area (Å²) in [6.45, 7) is 4.51. The minimum atomic E-state index is -0.738. The van der Waals surface area contributed by atoms with Gasteiger partial charge in [0.05, 0.1) is 6.04 Å². The maximum atomic E-state index is 13.2. The first-order valence-electron chi connectivity index (χ1n) is 14.5. The highest BCUT2D eigenvalue weighted by Crippen LogP contribution is 2.21. The molecule has 0 aromatic heterocycles. The van der Waals surface area contributed by atoms with Gasteiger partial charge in [0, 0.05) is 29.5 Å². The molecule has 4 rings (SSSR count). The third-order valence-corrected chi connectivity index (χ3v) is 7.43. The zero-order valence-electron chi connectivity index (χ0n) is 24.8. The summed E-state index contributed by atoms with van der Waals surface area (Å²) in [5, 5.41) is 8.93. The Balaban J connectivity index is 1.32. The molecule has 3 N–H and O–H groups in total. The van der Waals surface area contributed by atoms with E-state index in [1.807, 2.05) is 60.7 Å². The van der Waals surface area contributed by atoms with Gasteiger partial charge in [0.1, 0.15) is 18.2 Å². The second-order valence-corrected chi connectivity index (χ2v) is 11.3. The van der Waals surface area contributed by atoms with Crippen molar-refractivity contribution in [2.24, 2.45) is 5.92 Å². The van der Waals surface area contributed by atoms with Crippen LogP contribution < -0.4 is 20.7 Å². The van der Waals surface area contributed by atoms with E-state index in [0.29, 0.717) is 18.7 Å². The average molecular weight is 610 g/mol. The molecule has 0 spiro atoms. The highest BCUT2D eigenvalue weighted by Gasteiger charge is 2.23. The number of benzene rings is 4. The second-order valence-electron chi connectivity index (χ2n) is 10.6. The van der Waals surface area contributed by atoms with Crippen LogP contribution in [-0.4, -0.2) is 24.5 Å². The Morgan fingerprint density at radius 1 is 0.886 bits per heavy atom. The molecule has 0 bridgehead atoms. The minimum Gasteiger partial charge on any atom is -0.481 e. The third kappa shape index (κ3) is 10.3. The fourth-order valence-corrected chi connectivity index (χ4v) is 4.84. The molecule has 0 aliphatic carbocycles. The molecule has 8 heteroatoms. The van der Waals surface area contributed by atoms with Crippen molar-refractivity contribution in [2.45, 2.75) is 38.6 Å². The van der Waals surface area contributed by atoms with Crippen LogP contribution >= 0.6 is 9.24 Å². The topological polar surface area (TPSA) is 79.5 Å². The Bertz CT molecular complexity index is 1600. The molecule has 4 aromatic carbocycles. The molecule has 226 valence electrons. The fraction of sp³-hybridized carbons (Fsp3) is 0.222. The van der Waals surface area contributed by atoms with E-state index >= 15 is 0 Å². The maximum absolute atomic E-state index is 13.2. The van der Waals surface area contributed by atoms with E-state index in [1.54, 1.807) is 13.8 Å². The second kappa shape index (κ2) is 16.4. The number of carbonyl (C=O) groups is 2. The molecule has 2 amide bonds. The average Bonchev–Trinajstić information content (AvgIpc) is 3.03. The molecule has 3 unspecified atom stereocenters. The SMILES string of the molecule is CC(C)C(=O)C(Cc1cccc(C#CCOc2cccc(CNC(P)c3ccccc3)c2)c1)NC(=O)Nc1ccc(F)cc1. The molecule has 0 saturated heterocycles. The van der Waals surface area contributed by atoms with Gasteiger partial charge in [-0.2, -0.15) is 0 Å². The Labute approximate surface area is 261 Å². The monoisotopic (exact) mass is 609 g/mol. The van der Waals surface area contributed by atoms with Crippen molar-refractivity contribution in [3.05, 3.63) is 131 Å². The van der Waals surface area contributed by atoms with Crippen LogP contribution in [0, 0.1) is 23.6 Å². The number of ether oxygens (including phenoxy) is 1. The molecular weight excluding hydrogens is 572 g/mol. The quantitative estimate of drug-likeness (QED) is 0.121. The summed E-state index contributed by atoms with van der Waals surface area (Å²) >= 11 is 0. The summed E-state index contributed by atoms with van der Waals surface area (Å²) in [4.78, 5) is 25.6. The predicted molar refractivity (Wildman–Crippen MR) is 177 cm³/mol. The minimum absolute atomic E-state index is 0.0881. The standard InChI is InChI=1S/C36H37FN3O3P/c1-25(2)34(41)33(40-36(42)39-31-18-16-30(37)17-19-31)23-27-10-6-9-26(21-27)12-8-20-43-32-15-7-11-28(22-32)24-38-35(44)29-13-4-3-5-14-29/h3-7,9-11,13-19,21-22,25,33,35,38H,20,23-24,44H2,1-2H3,(H2,39,40,42). The first-order chi connectivity index (χ1) is 21.3. The van der Waals surface area contributed by atoms with Crippen molar-refractivity contribution in [3.63, 3.8) is 0 Å². The molecule has 6 nitrogen and oxygen atoms in total. The van der Waals surface area contributed by atoms with Gasteiger partial charge >= 0.3 is 6.03 Å². The van der Waals surface area contributed by atoms with Gasteiger partial charge in [-0.15, -0.1) is 9.24 Å². The lowest BCUT2D eigenvalue weighted by molar-refractivity contribution is -0.123. The molecule has 0 heterocycles. The van der Waals surface area contributed by atoms with Crippen LogP contribution in [0.4, 0.5) is 14.9 Å². The third-order valence-electron chi connectivity index (χ3n) is 6.81. The molecular formula is C36H37FN3O3P. The predicted octanol–water partition coefficient (Wildman–Crippen LogP) is 6.88. The van der Waals surface area contributed by atoms with E-state index in [-0.39, 0.29) is 24.1 Å². The Morgan fingerprint density at radius 2 is 1.61 bits per heavy atom. The van der Waals surface area contributed by atoms with Gasteiger partial charge in [0.25, 0.3) is 0 Å². The van der Waals surface area contributed by atoms with E-state index in [9.17, 15) is 14.0 Å². The van der Waals surface area contributed by atoms with E-state index in [2.05, 4.69) is 55.2 Å². The van der Waals surface area contributed by atoms with Crippen molar-refractivity contribution >= 4 is 26.7 Å². The summed E-state index contributed by atoms with van der Waals surface area (Å²) in [6.07, 6.45) is 0.308. The van der Waals surface area contributed by atoms with Gasteiger partial charge in [-0.3, -0.25) is 4.79 Å². The van der Waals surface area contributed by atoms with Crippen LogP contribution in [0.15, 0.2) is 103 Å². The number of hydrogen-bond acceptors (Lipinski definition) is 4. The largest absolute Gasteiger partial charge is 0.481 e. The zero-order chi connectivity index (χ0) is 31.3. The molecule has 44 heavy (non-hydrogen) atoms. The molecule has 3 atom stereocenters. The highest BCUT2D eigenvalue weighted by atomic mass is 31.0. The first kappa shape index (κ1) is 32.4. The van der Waals surface area contributed by atoms with Crippen LogP contribution in [-0.2, 0) is 17.8 Å². The van der Waals surface area contributed by atoms with E-state index in [1.165, 1.54) is 29.8 Å². The number of ketones is 1. The molecule has 0 aliphatic rings. The molecule has 0 saturated carbocycles. The van der Waals surface area contributed by atoms with E-state index in [0.717, 1.165) is 22.4 Å². The van der Waals surface area contributed by atoms with E-state index < -0.39 is 17.9 Å². The lowest BCUT2D eigenvalue weighted by Gasteiger charge is -2.20. The number of rotatable bonds is 12. The van der Waals surface area contributed by atoms with Crippen molar-refractivity contribution in [2.75, 3.05) is 11.9 Å². The normalized spacial score (nSPS) is 12.0. The van der Waals surface area contributed by atoms with Gasteiger partial charge < -0.3 is 20.7 Å². The van der Waals surface area contributed by atoms with Crippen molar-refractivity contribution in [3.8, 4) is 17.6 Å². The number of urea groups is 1. The number of Topliss-reactive ketones (excluding diaryl/α,β-unsaturated/α-hetero) is 1. The summed E-state index contributed by atoms with van der Waals surface area (Å²) in [5.41, 5.74) is 4.39.